The van der Waals surface area contributed by atoms with Crippen molar-refractivity contribution in [2.45, 2.75) is 25.5 Å². The maximum absolute atomic E-state index is 12.3. The van der Waals surface area contributed by atoms with Gasteiger partial charge in [-0.1, -0.05) is 43.3 Å². The van der Waals surface area contributed by atoms with Crippen LogP contribution in [0.15, 0.2) is 53.7 Å². The molecule has 28 heavy (non-hydrogen) atoms. The lowest BCUT2D eigenvalue weighted by Gasteiger charge is -2.12. The summed E-state index contributed by atoms with van der Waals surface area (Å²) < 4.78 is 2.03. The SMILES string of the molecule is CC(C)Cn1c(SCC(=O)Nc2cccc(O)c2)nnc1-c1ccc(Cl)cc1. The number of carbonyl (C=O) groups excluding carboxylic acids is 1. The number of hydrogen-bond donors (Lipinski definition) is 2. The van der Waals surface area contributed by atoms with Gasteiger partial charge in [-0.25, -0.2) is 0 Å². The number of nitrogens with one attached hydrogen (secondary N) is 1. The first kappa shape index (κ1) is 20.2. The van der Waals surface area contributed by atoms with Gasteiger partial charge in [-0.3, -0.25) is 4.79 Å². The van der Waals surface area contributed by atoms with E-state index in [4.69, 9.17) is 11.6 Å². The Morgan fingerprint density at radius 3 is 2.64 bits per heavy atom. The highest BCUT2D eigenvalue weighted by atomic mass is 35.5. The number of phenols is 1. The molecule has 1 amide bonds. The fourth-order valence-electron chi connectivity index (χ4n) is 2.65. The lowest BCUT2D eigenvalue weighted by molar-refractivity contribution is -0.113. The first-order valence-electron chi connectivity index (χ1n) is 8.83. The Hall–Kier alpha value is -2.51. The Labute approximate surface area is 172 Å². The summed E-state index contributed by atoms with van der Waals surface area (Å²) in [7, 11) is 0. The van der Waals surface area contributed by atoms with Crippen LogP contribution in [-0.2, 0) is 11.3 Å². The van der Waals surface area contributed by atoms with Gasteiger partial charge >= 0.3 is 0 Å². The molecule has 0 fully saturated rings. The predicted octanol–water partition coefficient (Wildman–Crippen LogP) is 4.69. The fraction of sp³-hybridized carbons (Fsp3) is 0.250. The largest absolute Gasteiger partial charge is 0.508 e. The summed E-state index contributed by atoms with van der Waals surface area (Å²) >= 11 is 7.31. The number of hydrogen-bond acceptors (Lipinski definition) is 5. The lowest BCUT2D eigenvalue weighted by Crippen LogP contribution is -2.15. The third-order valence-corrected chi connectivity index (χ3v) is 5.05. The predicted molar refractivity (Wildman–Crippen MR) is 113 cm³/mol. The van der Waals surface area contributed by atoms with E-state index in [0.717, 1.165) is 17.9 Å². The van der Waals surface area contributed by atoms with Gasteiger partial charge in [0.05, 0.1) is 5.75 Å². The summed E-state index contributed by atoms with van der Waals surface area (Å²) in [4.78, 5) is 12.3. The van der Waals surface area contributed by atoms with Crippen molar-refractivity contribution in [2.24, 2.45) is 5.92 Å². The number of halogens is 1. The van der Waals surface area contributed by atoms with Crippen LogP contribution in [0.25, 0.3) is 11.4 Å². The van der Waals surface area contributed by atoms with Crippen molar-refractivity contribution >= 4 is 35.0 Å². The number of benzene rings is 2. The van der Waals surface area contributed by atoms with E-state index < -0.39 is 0 Å². The maximum atomic E-state index is 12.3. The molecule has 0 aliphatic carbocycles. The molecule has 3 rings (SSSR count). The molecule has 6 nitrogen and oxygen atoms in total. The van der Waals surface area contributed by atoms with Crippen molar-refractivity contribution in [1.29, 1.82) is 0 Å². The van der Waals surface area contributed by atoms with Crippen molar-refractivity contribution in [2.75, 3.05) is 11.1 Å². The fourth-order valence-corrected chi connectivity index (χ4v) is 3.52. The monoisotopic (exact) mass is 416 g/mol. The van der Waals surface area contributed by atoms with Crippen LogP contribution in [0.2, 0.25) is 5.02 Å². The molecule has 0 unspecified atom stereocenters. The normalized spacial score (nSPS) is 11.0. The summed E-state index contributed by atoms with van der Waals surface area (Å²) in [6.07, 6.45) is 0. The summed E-state index contributed by atoms with van der Waals surface area (Å²) in [5, 5.41) is 22.2. The minimum absolute atomic E-state index is 0.106. The average molecular weight is 417 g/mol. The number of phenolic OH excluding ortho intramolecular Hbond substituents is 1. The number of carbonyl (C=O) groups is 1. The Morgan fingerprint density at radius 2 is 1.96 bits per heavy atom. The number of aromatic nitrogens is 3. The van der Waals surface area contributed by atoms with E-state index in [1.54, 1.807) is 18.2 Å². The molecule has 0 saturated heterocycles. The Morgan fingerprint density at radius 1 is 1.21 bits per heavy atom. The van der Waals surface area contributed by atoms with Gasteiger partial charge in [0.15, 0.2) is 11.0 Å². The number of aromatic hydroxyl groups is 1. The van der Waals surface area contributed by atoms with E-state index in [0.29, 0.717) is 21.8 Å². The molecule has 0 bridgehead atoms. The summed E-state index contributed by atoms with van der Waals surface area (Å²) in [6, 6.07) is 13.9. The Kier molecular flexibility index (Phi) is 6.59. The van der Waals surface area contributed by atoms with E-state index in [2.05, 4.69) is 29.4 Å². The topological polar surface area (TPSA) is 80.0 Å². The van der Waals surface area contributed by atoms with Gasteiger partial charge < -0.3 is 15.0 Å². The number of amides is 1. The third kappa shape index (κ3) is 5.27. The van der Waals surface area contributed by atoms with E-state index in [1.165, 1.54) is 17.8 Å². The smallest absolute Gasteiger partial charge is 0.234 e. The van der Waals surface area contributed by atoms with Crippen LogP contribution < -0.4 is 5.32 Å². The first-order valence-corrected chi connectivity index (χ1v) is 10.2. The molecule has 2 N–H and O–H groups in total. The van der Waals surface area contributed by atoms with Crippen LogP contribution in [0.5, 0.6) is 5.75 Å². The van der Waals surface area contributed by atoms with Crippen LogP contribution in [-0.4, -0.2) is 31.5 Å². The van der Waals surface area contributed by atoms with E-state index in [-0.39, 0.29) is 17.4 Å². The molecule has 0 atom stereocenters. The molecule has 0 saturated carbocycles. The summed E-state index contributed by atoms with van der Waals surface area (Å²) in [5.74, 6) is 1.26. The van der Waals surface area contributed by atoms with Crippen LogP contribution >= 0.6 is 23.4 Å². The van der Waals surface area contributed by atoms with Gasteiger partial charge in [0.2, 0.25) is 5.91 Å². The van der Waals surface area contributed by atoms with Crippen LogP contribution in [0.1, 0.15) is 13.8 Å². The van der Waals surface area contributed by atoms with Gasteiger partial charge in [0.25, 0.3) is 0 Å². The van der Waals surface area contributed by atoms with E-state index in [1.807, 2.05) is 28.8 Å². The van der Waals surface area contributed by atoms with Crippen LogP contribution in [0, 0.1) is 5.92 Å². The second kappa shape index (κ2) is 9.12. The highest BCUT2D eigenvalue weighted by molar-refractivity contribution is 7.99. The average Bonchev–Trinajstić information content (AvgIpc) is 3.02. The van der Waals surface area contributed by atoms with Crippen molar-refractivity contribution in [3.05, 3.63) is 53.6 Å². The van der Waals surface area contributed by atoms with E-state index >= 15 is 0 Å². The molecule has 0 aliphatic heterocycles. The molecule has 0 spiro atoms. The van der Waals surface area contributed by atoms with Gasteiger partial charge in [-0.2, -0.15) is 0 Å². The number of thioether (sulfide) groups is 1. The summed E-state index contributed by atoms with van der Waals surface area (Å²) in [6.45, 7) is 4.98. The quantitative estimate of drug-likeness (QED) is 0.546. The molecule has 0 radical (unpaired) electrons. The molecule has 3 aromatic rings. The highest BCUT2D eigenvalue weighted by Gasteiger charge is 2.16. The van der Waals surface area contributed by atoms with Gasteiger partial charge in [0.1, 0.15) is 5.75 Å². The summed E-state index contributed by atoms with van der Waals surface area (Å²) in [5.41, 5.74) is 1.48. The lowest BCUT2D eigenvalue weighted by atomic mass is 10.2. The number of nitrogens with zero attached hydrogens (tertiary/aromatic N) is 3. The van der Waals surface area contributed by atoms with Gasteiger partial charge in [-0.15, -0.1) is 10.2 Å². The van der Waals surface area contributed by atoms with Gasteiger partial charge in [0, 0.05) is 28.9 Å². The molecular weight excluding hydrogens is 396 g/mol. The molecule has 1 heterocycles. The zero-order chi connectivity index (χ0) is 20.1. The molecule has 0 aliphatic rings. The standard InChI is InChI=1S/C20H21ClN4O2S/c1-13(2)11-25-19(14-6-8-15(21)9-7-14)23-24-20(25)28-12-18(27)22-16-4-3-5-17(26)10-16/h3-10,13,26H,11-12H2,1-2H3,(H,22,27). The zero-order valence-corrected chi connectivity index (χ0v) is 17.2. The Bertz CT molecular complexity index is 957. The number of anilines is 1. The molecule has 2 aromatic carbocycles. The Balaban J connectivity index is 1.74. The zero-order valence-electron chi connectivity index (χ0n) is 15.6. The second-order valence-electron chi connectivity index (χ2n) is 6.70. The van der Waals surface area contributed by atoms with Crippen molar-refractivity contribution in [3.8, 4) is 17.1 Å². The minimum Gasteiger partial charge on any atom is -0.508 e. The minimum atomic E-state index is -0.178. The van der Waals surface area contributed by atoms with Gasteiger partial charge in [-0.05, 0) is 42.3 Å². The van der Waals surface area contributed by atoms with E-state index in [9.17, 15) is 9.90 Å². The maximum Gasteiger partial charge on any atom is 0.234 e. The number of rotatable bonds is 7. The highest BCUT2D eigenvalue weighted by Crippen LogP contribution is 2.26. The van der Waals surface area contributed by atoms with Crippen LogP contribution in [0.3, 0.4) is 0 Å². The van der Waals surface area contributed by atoms with Crippen molar-refractivity contribution in [1.82, 2.24) is 14.8 Å². The molecule has 8 heteroatoms. The van der Waals surface area contributed by atoms with Crippen molar-refractivity contribution in [3.63, 3.8) is 0 Å². The first-order chi connectivity index (χ1) is 13.4. The molecular formula is C20H21ClN4O2S. The third-order valence-electron chi connectivity index (χ3n) is 3.83. The molecule has 146 valence electrons. The second-order valence-corrected chi connectivity index (χ2v) is 8.08. The van der Waals surface area contributed by atoms with Crippen LogP contribution in [0.4, 0.5) is 5.69 Å². The molecule has 1 aromatic heterocycles. The van der Waals surface area contributed by atoms with Crippen molar-refractivity contribution < 1.29 is 9.90 Å².